The lowest BCUT2D eigenvalue weighted by Gasteiger charge is -2.16. The predicted octanol–water partition coefficient (Wildman–Crippen LogP) is 1.82. The largest absolute Gasteiger partial charge is 0.451 e. The van der Waals surface area contributed by atoms with Crippen molar-refractivity contribution in [2.24, 2.45) is 5.92 Å². The van der Waals surface area contributed by atoms with Crippen molar-refractivity contribution in [2.75, 3.05) is 16.8 Å². The average molecular weight is 339 g/mol. The molecule has 3 rings (SSSR count). The molecule has 2 aromatic rings. The number of nitrogens with zero attached hydrogens (tertiary/aromatic N) is 3. The normalized spacial score (nSPS) is 18.0. The fourth-order valence-corrected chi connectivity index (χ4v) is 2.40. The zero-order valence-corrected chi connectivity index (χ0v) is 12.2. The molecule has 126 valence electrons. The number of rotatable bonds is 3. The minimum absolute atomic E-state index is 0.0305. The first-order valence-electron chi connectivity index (χ1n) is 7.00. The standard InChI is InChI=1S/C14H12F3N5O2/c15-14(16,17)12-19-13(21-20-12)18-11(24)8-6-10(23)22(7-8)9-4-2-1-3-5-9/h1-5,8H,6-7H2,(H2,18,19,20,21,24)/t8-/m0/s1. The van der Waals surface area contributed by atoms with Gasteiger partial charge in [0.1, 0.15) is 0 Å². The van der Waals surface area contributed by atoms with Gasteiger partial charge >= 0.3 is 6.18 Å². The van der Waals surface area contributed by atoms with E-state index in [0.717, 1.165) is 0 Å². The Bertz CT molecular complexity index is 759. The molecule has 0 bridgehead atoms. The zero-order chi connectivity index (χ0) is 17.3. The molecule has 1 aromatic carbocycles. The number of amides is 2. The number of aromatic amines is 1. The topological polar surface area (TPSA) is 91.0 Å². The number of H-pyrrole nitrogens is 1. The maximum Gasteiger partial charge on any atom is 0.451 e. The van der Waals surface area contributed by atoms with Crippen LogP contribution in [0, 0.1) is 5.92 Å². The minimum Gasteiger partial charge on any atom is -0.312 e. The van der Waals surface area contributed by atoms with Gasteiger partial charge in [-0.3, -0.25) is 20.0 Å². The summed E-state index contributed by atoms with van der Waals surface area (Å²) >= 11 is 0. The summed E-state index contributed by atoms with van der Waals surface area (Å²) in [6, 6.07) is 8.81. The Balaban J connectivity index is 1.66. The van der Waals surface area contributed by atoms with E-state index in [2.05, 4.69) is 15.4 Å². The van der Waals surface area contributed by atoms with E-state index in [-0.39, 0.29) is 18.9 Å². The molecule has 1 aliphatic rings. The highest BCUT2D eigenvalue weighted by atomic mass is 19.4. The summed E-state index contributed by atoms with van der Waals surface area (Å²) in [6.07, 6.45) is -4.71. The lowest BCUT2D eigenvalue weighted by molar-refractivity contribution is -0.144. The van der Waals surface area contributed by atoms with Crippen LogP contribution in [0.3, 0.4) is 0 Å². The van der Waals surface area contributed by atoms with E-state index < -0.39 is 29.8 Å². The van der Waals surface area contributed by atoms with Gasteiger partial charge in [-0.15, -0.1) is 5.10 Å². The van der Waals surface area contributed by atoms with Gasteiger partial charge < -0.3 is 4.90 Å². The fraction of sp³-hybridized carbons (Fsp3) is 0.286. The second kappa shape index (κ2) is 5.95. The first kappa shape index (κ1) is 16.0. The summed E-state index contributed by atoms with van der Waals surface area (Å²) in [5, 5.41) is 7.21. The van der Waals surface area contributed by atoms with Crippen LogP contribution in [-0.2, 0) is 15.8 Å². The number of anilines is 2. The van der Waals surface area contributed by atoms with Crippen molar-refractivity contribution in [3.8, 4) is 0 Å². The zero-order valence-electron chi connectivity index (χ0n) is 12.2. The molecule has 10 heteroatoms. The summed E-state index contributed by atoms with van der Waals surface area (Å²) in [5.74, 6) is -3.29. The Labute approximate surface area is 133 Å². The molecule has 0 radical (unpaired) electrons. The number of para-hydroxylation sites is 1. The molecule has 24 heavy (non-hydrogen) atoms. The second-order valence-corrected chi connectivity index (χ2v) is 5.24. The highest BCUT2D eigenvalue weighted by Crippen LogP contribution is 2.27. The van der Waals surface area contributed by atoms with E-state index in [9.17, 15) is 22.8 Å². The van der Waals surface area contributed by atoms with Crippen LogP contribution < -0.4 is 10.2 Å². The molecule has 2 amide bonds. The molecule has 0 saturated carbocycles. The lowest BCUT2D eigenvalue weighted by atomic mass is 10.1. The summed E-state index contributed by atoms with van der Waals surface area (Å²) < 4.78 is 37.3. The number of hydrogen-bond acceptors (Lipinski definition) is 4. The lowest BCUT2D eigenvalue weighted by Crippen LogP contribution is -2.28. The Morgan fingerprint density at radius 3 is 2.62 bits per heavy atom. The van der Waals surface area contributed by atoms with E-state index >= 15 is 0 Å². The Morgan fingerprint density at radius 1 is 1.29 bits per heavy atom. The van der Waals surface area contributed by atoms with Crippen LogP contribution >= 0.6 is 0 Å². The molecule has 1 aliphatic heterocycles. The van der Waals surface area contributed by atoms with Crippen molar-refractivity contribution >= 4 is 23.5 Å². The van der Waals surface area contributed by atoms with Crippen molar-refractivity contribution < 1.29 is 22.8 Å². The summed E-state index contributed by atoms with van der Waals surface area (Å²) in [4.78, 5) is 28.8. The highest BCUT2D eigenvalue weighted by Gasteiger charge is 2.37. The van der Waals surface area contributed by atoms with Gasteiger partial charge in [0.05, 0.1) is 5.92 Å². The third-order valence-electron chi connectivity index (χ3n) is 3.55. The Kier molecular flexibility index (Phi) is 3.96. The monoisotopic (exact) mass is 339 g/mol. The Morgan fingerprint density at radius 2 is 2.00 bits per heavy atom. The number of carbonyl (C=O) groups excluding carboxylic acids is 2. The molecule has 7 nitrogen and oxygen atoms in total. The third-order valence-corrected chi connectivity index (χ3v) is 3.55. The number of carbonyl (C=O) groups is 2. The van der Waals surface area contributed by atoms with Crippen LogP contribution in [0.2, 0.25) is 0 Å². The van der Waals surface area contributed by atoms with Crippen molar-refractivity contribution in [3.63, 3.8) is 0 Å². The molecule has 0 unspecified atom stereocenters. The van der Waals surface area contributed by atoms with Crippen LogP contribution in [0.1, 0.15) is 12.2 Å². The van der Waals surface area contributed by atoms with Gasteiger partial charge in [-0.05, 0) is 12.1 Å². The van der Waals surface area contributed by atoms with Gasteiger partial charge in [0, 0.05) is 18.7 Å². The van der Waals surface area contributed by atoms with E-state index in [4.69, 9.17) is 0 Å². The number of benzene rings is 1. The summed E-state index contributed by atoms with van der Waals surface area (Å²) in [5.41, 5.74) is 0.662. The van der Waals surface area contributed by atoms with Gasteiger partial charge in [-0.2, -0.15) is 18.2 Å². The molecule has 0 spiro atoms. The average Bonchev–Trinajstić information content (AvgIpc) is 3.14. The van der Waals surface area contributed by atoms with E-state index in [1.165, 1.54) is 4.90 Å². The molecule has 2 heterocycles. The number of aromatic nitrogens is 3. The number of hydrogen-bond donors (Lipinski definition) is 2. The van der Waals surface area contributed by atoms with E-state index in [1.807, 2.05) is 0 Å². The first-order valence-corrected chi connectivity index (χ1v) is 7.00. The van der Waals surface area contributed by atoms with Crippen LogP contribution in [0.15, 0.2) is 30.3 Å². The summed E-state index contributed by atoms with van der Waals surface area (Å²) in [7, 11) is 0. The smallest absolute Gasteiger partial charge is 0.312 e. The van der Waals surface area contributed by atoms with Gasteiger partial charge in [0.2, 0.25) is 23.6 Å². The van der Waals surface area contributed by atoms with E-state index in [1.54, 1.807) is 35.4 Å². The molecule has 1 fully saturated rings. The SMILES string of the molecule is O=C(Nc1n[nH]c(C(F)(F)F)n1)[C@H]1CC(=O)N(c2ccccc2)C1. The molecule has 0 aliphatic carbocycles. The van der Waals surface area contributed by atoms with Crippen molar-refractivity contribution in [1.82, 2.24) is 15.2 Å². The van der Waals surface area contributed by atoms with Crippen LogP contribution in [-0.4, -0.2) is 33.5 Å². The van der Waals surface area contributed by atoms with Crippen molar-refractivity contribution in [1.29, 1.82) is 0 Å². The molecule has 1 aromatic heterocycles. The minimum atomic E-state index is -4.68. The van der Waals surface area contributed by atoms with Gasteiger partial charge in [-0.1, -0.05) is 18.2 Å². The highest BCUT2D eigenvalue weighted by molar-refractivity contribution is 6.03. The van der Waals surface area contributed by atoms with Crippen LogP contribution in [0.5, 0.6) is 0 Å². The first-order chi connectivity index (χ1) is 11.3. The molecular weight excluding hydrogens is 327 g/mol. The van der Waals surface area contributed by atoms with Crippen molar-refractivity contribution in [2.45, 2.75) is 12.6 Å². The Hall–Kier alpha value is -2.91. The van der Waals surface area contributed by atoms with Gasteiger partial charge in [-0.25, -0.2) is 0 Å². The van der Waals surface area contributed by atoms with Crippen LogP contribution in [0.4, 0.5) is 24.8 Å². The maximum atomic E-state index is 12.4. The quantitative estimate of drug-likeness (QED) is 0.892. The second-order valence-electron chi connectivity index (χ2n) is 5.24. The summed E-state index contributed by atoms with van der Waals surface area (Å²) in [6.45, 7) is 0.144. The number of nitrogens with one attached hydrogen (secondary N) is 2. The maximum absolute atomic E-state index is 12.4. The van der Waals surface area contributed by atoms with Gasteiger partial charge in [0.25, 0.3) is 0 Å². The van der Waals surface area contributed by atoms with Crippen molar-refractivity contribution in [3.05, 3.63) is 36.2 Å². The molecule has 2 N–H and O–H groups in total. The van der Waals surface area contributed by atoms with Gasteiger partial charge in [0.15, 0.2) is 0 Å². The third kappa shape index (κ3) is 3.21. The van der Waals surface area contributed by atoms with Crippen LogP contribution in [0.25, 0.3) is 0 Å². The molecule has 1 atom stereocenters. The fourth-order valence-electron chi connectivity index (χ4n) is 2.40. The predicted molar refractivity (Wildman–Crippen MR) is 76.9 cm³/mol. The number of alkyl halides is 3. The molecule has 1 saturated heterocycles. The van der Waals surface area contributed by atoms with E-state index in [0.29, 0.717) is 5.69 Å². The number of halogens is 3. The molecular formula is C14H12F3N5O2.